The van der Waals surface area contributed by atoms with Crippen molar-refractivity contribution >= 4 is 17.9 Å². The summed E-state index contributed by atoms with van der Waals surface area (Å²) < 4.78 is 16.8. The Morgan fingerprint density at radius 3 is 1.03 bits per heavy atom. The van der Waals surface area contributed by atoms with Crippen LogP contribution in [0.1, 0.15) is 220 Å². The molecule has 0 heterocycles. The lowest BCUT2D eigenvalue weighted by Crippen LogP contribution is -2.30. The van der Waals surface area contributed by atoms with Crippen LogP contribution in [0.15, 0.2) is 122 Å². The monoisotopic (exact) mass is 913 g/mol. The van der Waals surface area contributed by atoms with Crippen molar-refractivity contribution in [2.75, 3.05) is 13.2 Å². The van der Waals surface area contributed by atoms with Gasteiger partial charge in [-0.25, -0.2) is 0 Å². The van der Waals surface area contributed by atoms with Crippen molar-refractivity contribution in [1.82, 2.24) is 0 Å². The van der Waals surface area contributed by atoms with Gasteiger partial charge in [-0.2, -0.15) is 0 Å². The Morgan fingerprint density at radius 1 is 0.318 bits per heavy atom. The molecule has 0 amide bonds. The van der Waals surface area contributed by atoms with Crippen LogP contribution in [0, 0.1) is 0 Å². The van der Waals surface area contributed by atoms with Crippen LogP contribution >= 0.6 is 0 Å². The standard InChI is InChI=1S/C60H96O6/c1-4-7-10-13-16-19-22-25-28-29-30-31-33-35-38-41-44-47-50-53-59(62)65-56-57(55-64-58(61)52-49-46-43-40-37-34-27-24-21-18-15-12-9-6-3)66-60(63)54-51-48-45-42-39-36-32-26-23-20-17-14-11-8-5-2/h7-12,14,16-21,23,25,28,30-31,35,38,57H,4-6,13,15,22,24,26-27,29,32-34,36-37,39-56H2,1-3H3/b10-7-,11-8-,12-9-,17-14-,19-16-,21-18-,23-20-,28-25-,31-30-,38-35-. The van der Waals surface area contributed by atoms with E-state index in [0.717, 1.165) is 135 Å². The zero-order valence-corrected chi connectivity index (χ0v) is 42.4. The summed E-state index contributed by atoms with van der Waals surface area (Å²) in [6, 6.07) is 0. The van der Waals surface area contributed by atoms with E-state index in [1.165, 1.54) is 44.9 Å². The molecule has 0 N–H and O–H groups in total. The van der Waals surface area contributed by atoms with E-state index in [1.807, 2.05) is 0 Å². The fraction of sp³-hybridized carbons (Fsp3) is 0.617. The van der Waals surface area contributed by atoms with Crippen LogP contribution in [0.4, 0.5) is 0 Å². The van der Waals surface area contributed by atoms with Crippen LogP contribution in [0.3, 0.4) is 0 Å². The molecule has 1 unspecified atom stereocenters. The highest BCUT2D eigenvalue weighted by Crippen LogP contribution is 2.14. The largest absolute Gasteiger partial charge is 0.462 e. The maximum Gasteiger partial charge on any atom is 0.306 e. The summed E-state index contributed by atoms with van der Waals surface area (Å²) in [5.74, 6) is -0.960. The molecule has 0 saturated carbocycles. The summed E-state index contributed by atoms with van der Waals surface area (Å²) in [5.41, 5.74) is 0. The van der Waals surface area contributed by atoms with Crippen LogP contribution < -0.4 is 0 Å². The van der Waals surface area contributed by atoms with Crippen LogP contribution in [-0.2, 0) is 28.6 Å². The smallest absolute Gasteiger partial charge is 0.306 e. The summed E-state index contributed by atoms with van der Waals surface area (Å²) in [6.07, 6.45) is 73.2. The Bertz CT molecular complexity index is 1420. The fourth-order valence-electron chi connectivity index (χ4n) is 6.86. The maximum absolute atomic E-state index is 12.8. The number of carbonyl (C=O) groups excluding carboxylic acids is 3. The summed E-state index contributed by atoms with van der Waals surface area (Å²) >= 11 is 0. The van der Waals surface area contributed by atoms with Crippen LogP contribution in [0.5, 0.6) is 0 Å². The van der Waals surface area contributed by atoms with Gasteiger partial charge in [-0.05, 0) is 109 Å². The molecular formula is C60H96O6. The molecule has 6 heteroatoms. The van der Waals surface area contributed by atoms with Gasteiger partial charge in [0.15, 0.2) is 6.10 Å². The average molecular weight is 913 g/mol. The first-order valence-electron chi connectivity index (χ1n) is 26.6. The molecule has 1 atom stereocenters. The molecule has 0 fully saturated rings. The van der Waals surface area contributed by atoms with Gasteiger partial charge in [0, 0.05) is 19.3 Å². The molecule has 66 heavy (non-hydrogen) atoms. The molecule has 0 saturated heterocycles. The second-order valence-corrected chi connectivity index (χ2v) is 17.0. The highest BCUT2D eigenvalue weighted by atomic mass is 16.6. The second-order valence-electron chi connectivity index (χ2n) is 17.0. The molecule has 0 radical (unpaired) electrons. The van der Waals surface area contributed by atoms with E-state index in [1.54, 1.807) is 0 Å². The number of esters is 3. The highest BCUT2D eigenvalue weighted by molar-refractivity contribution is 5.71. The maximum atomic E-state index is 12.8. The van der Waals surface area contributed by atoms with E-state index in [-0.39, 0.29) is 31.1 Å². The SMILES string of the molecule is CC\C=C/C=C\C=C/CCCCCCCCCC(=O)OC(COC(=O)CCCCC/C=C\C/C=C\C/C=C\C/C=C\C/C=C\CC)COC(=O)CCCCCCCCC/C=C\C/C=C\CC. The number of rotatable bonds is 46. The predicted octanol–water partition coefficient (Wildman–Crippen LogP) is 17.7. The minimum Gasteiger partial charge on any atom is -0.462 e. The zero-order chi connectivity index (χ0) is 47.9. The van der Waals surface area contributed by atoms with Gasteiger partial charge in [0.05, 0.1) is 0 Å². The van der Waals surface area contributed by atoms with Gasteiger partial charge in [0.1, 0.15) is 13.2 Å². The van der Waals surface area contributed by atoms with E-state index in [2.05, 4.69) is 142 Å². The van der Waals surface area contributed by atoms with Gasteiger partial charge in [-0.3, -0.25) is 14.4 Å². The number of hydrogen-bond acceptors (Lipinski definition) is 6. The van der Waals surface area contributed by atoms with Gasteiger partial charge in [-0.15, -0.1) is 0 Å². The van der Waals surface area contributed by atoms with E-state index in [4.69, 9.17) is 14.2 Å². The molecule has 0 aliphatic rings. The topological polar surface area (TPSA) is 78.9 Å². The van der Waals surface area contributed by atoms with Crippen molar-refractivity contribution in [2.45, 2.75) is 226 Å². The van der Waals surface area contributed by atoms with Crippen molar-refractivity contribution in [3.8, 4) is 0 Å². The second kappa shape index (κ2) is 53.4. The van der Waals surface area contributed by atoms with Gasteiger partial charge in [-0.1, -0.05) is 213 Å². The van der Waals surface area contributed by atoms with Gasteiger partial charge >= 0.3 is 17.9 Å². The first-order chi connectivity index (χ1) is 32.5. The Labute approximate surface area is 405 Å². The third kappa shape index (κ3) is 50.8. The summed E-state index contributed by atoms with van der Waals surface area (Å²) in [7, 11) is 0. The number of hydrogen-bond donors (Lipinski definition) is 0. The van der Waals surface area contributed by atoms with Crippen LogP contribution in [-0.4, -0.2) is 37.2 Å². The quantitative estimate of drug-likeness (QED) is 0.0199. The molecular weight excluding hydrogens is 817 g/mol. The van der Waals surface area contributed by atoms with Crippen molar-refractivity contribution in [1.29, 1.82) is 0 Å². The third-order valence-corrected chi connectivity index (χ3v) is 10.8. The first kappa shape index (κ1) is 61.8. The van der Waals surface area contributed by atoms with E-state index in [0.29, 0.717) is 19.3 Å². The lowest BCUT2D eigenvalue weighted by atomic mass is 10.1. The van der Waals surface area contributed by atoms with Crippen LogP contribution in [0.25, 0.3) is 0 Å². The molecule has 0 aliphatic carbocycles. The molecule has 0 aromatic rings. The minimum atomic E-state index is -0.805. The van der Waals surface area contributed by atoms with Gasteiger partial charge in [0.2, 0.25) is 0 Å². The normalized spacial score (nSPS) is 13.1. The van der Waals surface area contributed by atoms with Crippen molar-refractivity contribution < 1.29 is 28.6 Å². The molecule has 0 aromatic heterocycles. The van der Waals surface area contributed by atoms with E-state index >= 15 is 0 Å². The molecule has 0 aromatic carbocycles. The lowest BCUT2D eigenvalue weighted by molar-refractivity contribution is -0.167. The minimum absolute atomic E-state index is 0.101. The Balaban J connectivity index is 4.49. The number of allylic oxidation sites excluding steroid dienone is 20. The Kier molecular flexibility index (Phi) is 50.0. The average Bonchev–Trinajstić information content (AvgIpc) is 3.31. The third-order valence-electron chi connectivity index (χ3n) is 10.8. The number of carbonyl (C=O) groups is 3. The predicted molar refractivity (Wildman–Crippen MR) is 283 cm³/mol. The number of unbranched alkanes of at least 4 members (excludes halogenated alkanes) is 17. The number of ether oxygens (including phenoxy) is 3. The molecule has 372 valence electrons. The zero-order valence-electron chi connectivity index (χ0n) is 42.4. The first-order valence-corrected chi connectivity index (χ1v) is 26.6. The molecule has 0 aliphatic heterocycles. The van der Waals surface area contributed by atoms with Crippen molar-refractivity contribution in [3.63, 3.8) is 0 Å². The van der Waals surface area contributed by atoms with Gasteiger partial charge in [0.25, 0.3) is 0 Å². The summed E-state index contributed by atoms with van der Waals surface area (Å²) in [4.78, 5) is 38.1. The Hall–Kier alpha value is -4.19. The summed E-state index contributed by atoms with van der Waals surface area (Å²) in [6.45, 7) is 6.23. The van der Waals surface area contributed by atoms with Crippen molar-refractivity contribution in [2.24, 2.45) is 0 Å². The lowest BCUT2D eigenvalue weighted by Gasteiger charge is -2.18. The van der Waals surface area contributed by atoms with Gasteiger partial charge < -0.3 is 14.2 Å². The Morgan fingerprint density at radius 2 is 0.621 bits per heavy atom. The molecule has 6 nitrogen and oxygen atoms in total. The fourth-order valence-corrected chi connectivity index (χ4v) is 6.86. The molecule has 0 spiro atoms. The van der Waals surface area contributed by atoms with E-state index < -0.39 is 6.10 Å². The highest BCUT2D eigenvalue weighted by Gasteiger charge is 2.19. The van der Waals surface area contributed by atoms with E-state index in [9.17, 15) is 14.4 Å². The molecule has 0 rings (SSSR count). The summed E-state index contributed by atoms with van der Waals surface area (Å²) in [5, 5.41) is 0. The van der Waals surface area contributed by atoms with Crippen LogP contribution in [0.2, 0.25) is 0 Å². The van der Waals surface area contributed by atoms with Crippen molar-refractivity contribution in [3.05, 3.63) is 122 Å². The molecule has 0 bridgehead atoms.